The molecule has 1 aliphatic carbocycles. The number of aromatic nitrogens is 6. The zero-order valence-electron chi connectivity index (χ0n) is 23.4. The summed E-state index contributed by atoms with van der Waals surface area (Å²) in [6.45, 7) is 4.66. The van der Waals surface area contributed by atoms with Gasteiger partial charge in [0.1, 0.15) is 36.0 Å². The van der Waals surface area contributed by atoms with Gasteiger partial charge in [-0.3, -0.25) is 9.47 Å². The number of hydrogen-bond acceptors (Lipinski definition) is 9. The predicted molar refractivity (Wildman–Crippen MR) is 148 cm³/mol. The normalized spacial score (nSPS) is 26.6. The van der Waals surface area contributed by atoms with E-state index in [1.165, 1.54) is 24.8 Å². The van der Waals surface area contributed by atoms with Crippen molar-refractivity contribution in [2.24, 2.45) is 5.92 Å². The second-order valence-electron chi connectivity index (χ2n) is 11.8. The molecule has 4 atom stereocenters. The monoisotopic (exact) mass is 588 g/mol. The lowest BCUT2D eigenvalue weighted by molar-refractivity contribution is -0.127. The highest BCUT2D eigenvalue weighted by atomic mass is 19.4. The highest BCUT2D eigenvalue weighted by molar-refractivity contribution is 5.81. The number of ether oxygens (including phenoxy) is 1. The van der Waals surface area contributed by atoms with Crippen LogP contribution < -0.4 is 5.73 Å². The molecule has 14 heteroatoms. The number of aromatic amines is 1. The summed E-state index contributed by atoms with van der Waals surface area (Å²) in [4.78, 5) is 22.5. The highest BCUT2D eigenvalue weighted by Crippen LogP contribution is 2.38. The SMILES string of the molecule is CC(C)N(C[C@H]1O[C@@H](n2cnc3c(N)ncnc32)[C@H](O)[C@@H]1O)[C@H]1C[C@H](CCc2nc3cc(CC(F)(F)F)ccc3[nH]2)C1. The summed E-state index contributed by atoms with van der Waals surface area (Å²) in [5.74, 6) is 1.49. The molecule has 1 saturated carbocycles. The fraction of sp³-hybridized carbons (Fsp3) is 0.571. The predicted octanol–water partition coefficient (Wildman–Crippen LogP) is 3.13. The average molecular weight is 589 g/mol. The van der Waals surface area contributed by atoms with Crippen LogP contribution in [0.4, 0.5) is 19.0 Å². The Hall–Kier alpha value is -3.33. The number of fused-ring (bicyclic) bond motifs is 2. The summed E-state index contributed by atoms with van der Waals surface area (Å²) in [6.07, 6.45) is -2.55. The number of H-pyrrole nitrogens is 1. The van der Waals surface area contributed by atoms with Crippen molar-refractivity contribution in [2.45, 2.75) is 88.8 Å². The van der Waals surface area contributed by atoms with Crippen molar-refractivity contribution in [3.05, 3.63) is 42.2 Å². The molecule has 42 heavy (non-hydrogen) atoms. The number of imidazole rings is 2. The third-order valence-electron chi connectivity index (χ3n) is 8.52. The summed E-state index contributed by atoms with van der Waals surface area (Å²) in [6, 6.07) is 5.16. The van der Waals surface area contributed by atoms with E-state index in [0.717, 1.165) is 30.6 Å². The Balaban J connectivity index is 1.04. The topological polar surface area (TPSA) is 151 Å². The van der Waals surface area contributed by atoms with E-state index >= 15 is 0 Å². The number of nitrogens with zero attached hydrogens (tertiary/aromatic N) is 6. The molecule has 6 rings (SSSR count). The van der Waals surface area contributed by atoms with Crippen molar-refractivity contribution in [1.29, 1.82) is 0 Å². The third-order valence-corrected chi connectivity index (χ3v) is 8.52. The first kappa shape index (κ1) is 28.8. The molecule has 0 amide bonds. The molecule has 5 N–H and O–H groups in total. The Labute approximate surface area is 239 Å². The van der Waals surface area contributed by atoms with Gasteiger partial charge in [0.05, 0.1) is 23.8 Å². The van der Waals surface area contributed by atoms with Crippen LogP contribution in [-0.2, 0) is 17.6 Å². The first-order chi connectivity index (χ1) is 20.0. The first-order valence-corrected chi connectivity index (χ1v) is 14.2. The quantitative estimate of drug-likeness (QED) is 0.231. The molecule has 1 aliphatic heterocycles. The number of rotatable bonds is 9. The lowest BCUT2D eigenvalue weighted by atomic mass is 9.76. The van der Waals surface area contributed by atoms with Gasteiger partial charge in [-0.1, -0.05) is 6.07 Å². The van der Waals surface area contributed by atoms with E-state index in [2.05, 4.69) is 43.7 Å². The van der Waals surface area contributed by atoms with E-state index in [-0.39, 0.29) is 17.4 Å². The summed E-state index contributed by atoms with van der Waals surface area (Å²) < 4.78 is 46.0. The van der Waals surface area contributed by atoms with Crippen molar-refractivity contribution in [3.8, 4) is 0 Å². The van der Waals surface area contributed by atoms with Crippen molar-refractivity contribution in [2.75, 3.05) is 12.3 Å². The Morgan fingerprint density at radius 2 is 1.95 bits per heavy atom. The maximum absolute atomic E-state index is 12.8. The average Bonchev–Trinajstić information content (AvgIpc) is 3.58. The third kappa shape index (κ3) is 5.68. The Morgan fingerprint density at radius 3 is 2.69 bits per heavy atom. The molecule has 3 aromatic heterocycles. The van der Waals surface area contributed by atoms with Crippen molar-refractivity contribution >= 4 is 28.0 Å². The molecular weight excluding hydrogens is 553 g/mol. The molecule has 2 aliphatic rings. The number of anilines is 1. The largest absolute Gasteiger partial charge is 0.393 e. The van der Waals surface area contributed by atoms with Crippen molar-refractivity contribution in [1.82, 2.24) is 34.4 Å². The van der Waals surface area contributed by atoms with Crippen LogP contribution in [0.1, 0.15) is 50.7 Å². The fourth-order valence-corrected chi connectivity index (χ4v) is 6.27. The number of halogens is 3. The summed E-state index contributed by atoms with van der Waals surface area (Å²) >= 11 is 0. The Morgan fingerprint density at radius 1 is 1.17 bits per heavy atom. The summed E-state index contributed by atoms with van der Waals surface area (Å²) in [5, 5.41) is 21.7. The molecule has 11 nitrogen and oxygen atoms in total. The Bertz CT molecular complexity index is 1550. The number of aliphatic hydroxyl groups is 2. The van der Waals surface area contributed by atoms with Gasteiger partial charge in [0.2, 0.25) is 0 Å². The number of nitrogens with two attached hydrogens (primary N) is 1. The van der Waals surface area contributed by atoms with Gasteiger partial charge < -0.3 is 25.7 Å². The second kappa shape index (κ2) is 11.1. The molecule has 0 unspecified atom stereocenters. The van der Waals surface area contributed by atoms with Gasteiger partial charge in [-0.25, -0.2) is 19.9 Å². The second-order valence-corrected chi connectivity index (χ2v) is 11.8. The lowest BCUT2D eigenvalue weighted by Crippen LogP contribution is -2.52. The van der Waals surface area contributed by atoms with Gasteiger partial charge in [-0.15, -0.1) is 0 Å². The summed E-state index contributed by atoms with van der Waals surface area (Å²) in [5.41, 5.74) is 8.22. The minimum Gasteiger partial charge on any atom is -0.387 e. The smallest absolute Gasteiger partial charge is 0.387 e. The number of hydrogen-bond donors (Lipinski definition) is 4. The minimum atomic E-state index is -4.25. The van der Waals surface area contributed by atoms with E-state index in [9.17, 15) is 23.4 Å². The molecule has 226 valence electrons. The van der Waals surface area contributed by atoms with Crippen LogP contribution in [0, 0.1) is 5.92 Å². The van der Waals surface area contributed by atoms with Gasteiger partial charge in [0.25, 0.3) is 0 Å². The molecule has 1 aromatic carbocycles. The summed E-state index contributed by atoms with van der Waals surface area (Å²) in [7, 11) is 0. The van der Waals surface area contributed by atoms with Crippen LogP contribution in [0.15, 0.2) is 30.9 Å². The molecule has 0 spiro atoms. The van der Waals surface area contributed by atoms with Gasteiger partial charge in [-0.2, -0.15) is 13.2 Å². The van der Waals surface area contributed by atoms with Crippen molar-refractivity contribution in [3.63, 3.8) is 0 Å². The maximum Gasteiger partial charge on any atom is 0.393 e. The van der Waals surface area contributed by atoms with Crippen LogP contribution in [0.5, 0.6) is 0 Å². The lowest BCUT2D eigenvalue weighted by Gasteiger charge is -2.46. The van der Waals surface area contributed by atoms with Crippen molar-refractivity contribution < 1.29 is 28.1 Å². The number of aryl methyl sites for hydroxylation is 1. The van der Waals surface area contributed by atoms with E-state index in [0.29, 0.717) is 41.6 Å². The van der Waals surface area contributed by atoms with Gasteiger partial charge >= 0.3 is 6.18 Å². The molecule has 4 heterocycles. The van der Waals surface area contributed by atoms with Crippen LogP contribution >= 0.6 is 0 Å². The highest BCUT2D eigenvalue weighted by Gasteiger charge is 2.46. The van der Waals surface area contributed by atoms with E-state index in [1.807, 2.05) is 0 Å². The van der Waals surface area contributed by atoms with E-state index < -0.39 is 37.1 Å². The van der Waals surface area contributed by atoms with Gasteiger partial charge in [0, 0.05) is 25.0 Å². The standard InChI is InChI=1S/C28H35F3N8O3/c1-14(2)38(11-20-23(40)24(41)27(42-20)39-13-35-22-25(32)33-12-34-26(22)39)17-7-15(8-17)4-6-21-36-18-5-3-16(9-19(18)37-21)10-28(29,30)31/h3,5,9,12-15,17,20,23-24,27,40-41H,4,6-8,10-11H2,1-2H3,(H,36,37)(H2,32,33,34)/t15-,17-,20-,23-,24-,27-/m1/s1. The number of nitrogens with one attached hydrogen (secondary N) is 1. The minimum absolute atomic E-state index is 0.200. The van der Waals surface area contributed by atoms with Crippen LogP contribution in [0.25, 0.3) is 22.2 Å². The van der Waals surface area contributed by atoms with Crippen LogP contribution in [-0.4, -0.2) is 87.7 Å². The zero-order chi connectivity index (χ0) is 29.8. The van der Waals surface area contributed by atoms with Crippen LogP contribution in [0.3, 0.4) is 0 Å². The van der Waals surface area contributed by atoms with Crippen LogP contribution in [0.2, 0.25) is 0 Å². The molecule has 2 fully saturated rings. The molecule has 0 radical (unpaired) electrons. The first-order valence-electron chi connectivity index (χ1n) is 14.2. The number of nitrogen functional groups attached to an aromatic ring is 1. The Kier molecular flexibility index (Phi) is 7.58. The molecule has 0 bridgehead atoms. The number of alkyl halides is 3. The molecule has 1 saturated heterocycles. The zero-order valence-corrected chi connectivity index (χ0v) is 23.4. The fourth-order valence-electron chi connectivity index (χ4n) is 6.27. The van der Waals surface area contributed by atoms with Gasteiger partial charge in [0.15, 0.2) is 17.7 Å². The van der Waals surface area contributed by atoms with E-state index in [1.54, 1.807) is 10.6 Å². The number of aliphatic hydroxyl groups excluding tert-OH is 2. The maximum atomic E-state index is 12.8. The van der Waals surface area contributed by atoms with E-state index in [4.69, 9.17) is 10.5 Å². The van der Waals surface area contributed by atoms with Gasteiger partial charge in [-0.05, 0) is 56.7 Å². The molecular formula is C28H35F3N8O3. The molecule has 4 aromatic rings. The number of benzene rings is 1.